The van der Waals surface area contributed by atoms with Crippen LogP contribution < -0.4 is 0 Å². The number of hydrogen-bond acceptors (Lipinski definition) is 5. The van der Waals surface area contributed by atoms with Gasteiger partial charge in [0.2, 0.25) is 5.60 Å². The Labute approximate surface area is 133 Å². The van der Waals surface area contributed by atoms with Crippen LogP contribution in [0.4, 0.5) is 0 Å². The van der Waals surface area contributed by atoms with Crippen molar-refractivity contribution >= 4 is 11.9 Å². The number of aliphatic hydroxyl groups is 1. The van der Waals surface area contributed by atoms with Crippen molar-refractivity contribution < 1.29 is 24.2 Å². The lowest BCUT2D eigenvalue weighted by Gasteiger charge is -2.27. The van der Waals surface area contributed by atoms with E-state index in [1.54, 1.807) is 12.1 Å². The van der Waals surface area contributed by atoms with E-state index in [1.807, 2.05) is 48.5 Å². The molecule has 23 heavy (non-hydrogen) atoms. The van der Waals surface area contributed by atoms with Gasteiger partial charge in [0.25, 0.3) is 0 Å². The Balaban J connectivity index is 1.87. The lowest BCUT2D eigenvalue weighted by molar-refractivity contribution is -0.166. The van der Waals surface area contributed by atoms with Gasteiger partial charge in [-0.15, -0.1) is 0 Å². The second-order valence-corrected chi connectivity index (χ2v) is 5.44. The molecular weight excluding hydrogens is 296 g/mol. The van der Waals surface area contributed by atoms with Crippen LogP contribution >= 0.6 is 0 Å². The number of esters is 2. The summed E-state index contributed by atoms with van der Waals surface area (Å²) in [6, 6.07) is 18.3. The third-order valence-electron chi connectivity index (χ3n) is 3.85. The Morgan fingerprint density at radius 1 is 0.957 bits per heavy atom. The lowest BCUT2D eigenvalue weighted by atomic mass is 9.90. The second kappa shape index (κ2) is 6.32. The first-order valence-corrected chi connectivity index (χ1v) is 7.28. The van der Waals surface area contributed by atoms with Gasteiger partial charge in [-0.3, -0.25) is 0 Å². The molecule has 1 N–H and O–H groups in total. The summed E-state index contributed by atoms with van der Waals surface area (Å²) in [6.45, 7) is 0.0904. The van der Waals surface area contributed by atoms with Crippen molar-refractivity contribution in [3.63, 3.8) is 0 Å². The van der Waals surface area contributed by atoms with E-state index in [9.17, 15) is 14.7 Å². The average molecular weight is 312 g/mol. The number of carbonyl (C=O) groups excluding carboxylic acids is 2. The SMILES string of the molecule is O=C1OC(=O)[C@@](Cc2ccccc2)(OCc2ccccc2)[C@@H]1O. The highest BCUT2D eigenvalue weighted by Gasteiger charge is 2.58. The summed E-state index contributed by atoms with van der Waals surface area (Å²) in [5.41, 5.74) is -0.112. The maximum absolute atomic E-state index is 12.2. The van der Waals surface area contributed by atoms with Crippen molar-refractivity contribution in [3.05, 3.63) is 71.8 Å². The molecule has 0 amide bonds. The molecule has 0 aliphatic carbocycles. The normalized spacial score (nSPS) is 23.8. The minimum Gasteiger partial charge on any atom is -0.389 e. The molecule has 5 heteroatoms. The van der Waals surface area contributed by atoms with Gasteiger partial charge in [0.1, 0.15) is 0 Å². The fraction of sp³-hybridized carbons (Fsp3) is 0.222. The minimum absolute atomic E-state index is 0.0619. The van der Waals surface area contributed by atoms with Crippen LogP contribution in [0.25, 0.3) is 0 Å². The number of rotatable bonds is 5. The Morgan fingerprint density at radius 2 is 1.52 bits per heavy atom. The van der Waals surface area contributed by atoms with Crippen LogP contribution in [-0.4, -0.2) is 28.8 Å². The summed E-state index contributed by atoms with van der Waals surface area (Å²) in [6.07, 6.45) is -1.58. The van der Waals surface area contributed by atoms with Gasteiger partial charge in [-0.1, -0.05) is 60.7 Å². The van der Waals surface area contributed by atoms with Gasteiger partial charge in [-0.2, -0.15) is 0 Å². The molecule has 5 nitrogen and oxygen atoms in total. The number of ether oxygens (including phenoxy) is 2. The maximum atomic E-state index is 12.2. The molecule has 1 aliphatic rings. The van der Waals surface area contributed by atoms with E-state index in [4.69, 9.17) is 4.74 Å². The molecule has 3 rings (SSSR count). The summed E-state index contributed by atoms with van der Waals surface area (Å²) < 4.78 is 10.3. The van der Waals surface area contributed by atoms with E-state index in [-0.39, 0.29) is 13.0 Å². The average Bonchev–Trinajstić information content (AvgIpc) is 2.79. The van der Waals surface area contributed by atoms with E-state index < -0.39 is 23.6 Å². The summed E-state index contributed by atoms with van der Waals surface area (Å²) in [5, 5.41) is 10.2. The molecule has 0 spiro atoms. The molecule has 0 saturated carbocycles. The predicted molar refractivity (Wildman–Crippen MR) is 81.2 cm³/mol. The van der Waals surface area contributed by atoms with Crippen LogP contribution in [-0.2, 0) is 32.1 Å². The molecule has 1 heterocycles. The molecular formula is C18H16O5. The first-order chi connectivity index (χ1) is 11.1. The highest BCUT2D eigenvalue weighted by atomic mass is 16.6. The zero-order valence-corrected chi connectivity index (χ0v) is 12.3. The monoisotopic (exact) mass is 312 g/mol. The zero-order valence-electron chi connectivity index (χ0n) is 12.3. The molecule has 1 fully saturated rings. The van der Waals surface area contributed by atoms with Crippen molar-refractivity contribution in [1.82, 2.24) is 0 Å². The summed E-state index contributed by atoms with van der Waals surface area (Å²) >= 11 is 0. The van der Waals surface area contributed by atoms with E-state index in [0.29, 0.717) is 0 Å². The molecule has 0 aromatic heterocycles. The van der Waals surface area contributed by atoms with Crippen LogP contribution in [0.5, 0.6) is 0 Å². The van der Waals surface area contributed by atoms with Gasteiger partial charge >= 0.3 is 11.9 Å². The summed E-state index contributed by atoms with van der Waals surface area (Å²) in [5.74, 6) is -1.83. The summed E-state index contributed by atoms with van der Waals surface area (Å²) in [7, 11) is 0. The Hall–Kier alpha value is -2.50. The second-order valence-electron chi connectivity index (χ2n) is 5.44. The van der Waals surface area contributed by atoms with Crippen molar-refractivity contribution in [2.75, 3.05) is 0 Å². The molecule has 2 aromatic rings. The lowest BCUT2D eigenvalue weighted by Crippen LogP contribution is -2.49. The number of carbonyl (C=O) groups is 2. The molecule has 118 valence electrons. The highest BCUT2D eigenvalue weighted by Crippen LogP contribution is 2.31. The van der Waals surface area contributed by atoms with E-state index in [2.05, 4.69) is 4.74 Å². The van der Waals surface area contributed by atoms with Crippen molar-refractivity contribution in [2.45, 2.75) is 24.7 Å². The molecule has 2 aromatic carbocycles. The Kier molecular flexibility index (Phi) is 4.23. The predicted octanol–water partition coefficient (Wildman–Crippen LogP) is 1.63. The minimum atomic E-state index is -1.71. The van der Waals surface area contributed by atoms with Crippen LogP contribution in [0, 0.1) is 0 Å². The molecule has 1 aliphatic heterocycles. The Morgan fingerprint density at radius 3 is 2.04 bits per heavy atom. The third kappa shape index (κ3) is 3.02. The largest absolute Gasteiger partial charge is 0.389 e. The third-order valence-corrected chi connectivity index (χ3v) is 3.85. The van der Waals surface area contributed by atoms with Gasteiger partial charge < -0.3 is 14.6 Å². The molecule has 0 unspecified atom stereocenters. The van der Waals surface area contributed by atoms with E-state index in [0.717, 1.165) is 11.1 Å². The molecule has 2 atom stereocenters. The van der Waals surface area contributed by atoms with Crippen molar-refractivity contribution in [2.24, 2.45) is 0 Å². The van der Waals surface area contributed by atoms with E-state index >= 15 is 0 Å². The van der Waals surface area contributed by atoms with Gasteiger partial charge in [-0.25, -0.2) is 9.59 Å². The smallest absolute Gasteiger partial charge is 0.349 e. The quantitative estimate of drug-likeness (QED) is 0.671. The fourth-order valence-corrected chi connectivity index (χ4v) is 2.58. The fourth-order valence-electron chi connectivity index (χ4n) is 2.58. The van der Waals surface area contributed by atoms with Gasteiger partial charge in [-0.05, 0) is 11.1 Å². The number of aliphatic hydroxyl groups excluding tert-OH is 1. The van der Waals surface area contributed by atoms with E-state index in [1.165, 1.54) is 0 Å². The molecule has 1 saturated heterocycles. The number of cyclic esters (lactones) is 2. The zero-order chi connectivity index (χ0) is 16.3. The summed E-state index contributed by atoms with van der Waals surface area (Å²) in [4.78, 5) is 23.8. The van der Waals surface area contributed by atoms with Crippen molar-refractivity contribution in [1.29, 1.82) is 0 Å². The van der Waals surface area contributed by atoms with Crippen LogP contribution in [0.3, 0.4) is 0 Å². The number of benzene rings is 2. The highest BCUT2D eigenvalue weighted by molar-refractivity contribution is 6.02. The van der Waals surface area contributed by atoms with Gasteiger partial charge in [0.15, 0.2) is 6.10 Å². The van der Waals surface area contributed by atoms with Crippen LogP contribution in [0.15, 0.2) is 60.7 Å². The molecule has 0 bridgehead atoms. The van der Waals surface area contributed by atoms with Gasteiger partial charge in [0, 0.05) is 6.42 Å². The standard InChI is InChI=1S/C18H16O5/c19-15-16(20)23-17(21)18(15,11-13-7-3-1-4-8-13)22-12-14-9-5-2-6-10-14/h1-10,15,19H,11-12H2/t15-,18+/m1/s1. The molecule has 0 radical (unpaired) electrons. The first kappa shape index (κ1) is 15.4. The maximum Gasteiger partial charge on any atom is 0.349 e. The topological polar surface area (TPSA) is 72.8 Å². The number of hydrogen-bond donors (Lipinski definition) is 1. The van der Waals surface area contributed by atoms with Crippen LogP contribution in [0.1, 0.15) is 11.1 Å². The Bertz CT molecular complexity index is 698. The van der Waals surface area contributed by atoms with Gasteiger partial charge in [0.05, 0.1) is 6.61 Å². The first-order valence-electron chi connectivity index (χ1n) is 7.28. The van der Waals surface area contributed by atoms with Crippen LogP contribution in [0.2, 0.25) is 0 Å². The van der Waals surface area contributed by atoms with Crippen molar-refractivity contribution in [3.8, 4) is 0 Å².